The van der Waals surface area contributed by atoms with Gasteiger partial charge in [-0.1, -0.05) is 11.6 Å². The molecule has 0 bridgehead atoms. The second-order valence-corrected chi connectivity index (χ2v) is 5.98. The Morgan fingerprint density at radius 3 is 2.74 bits per heavy atom. The monoisotopic (exact) mass is 337 g/mol. The lowest BCUT2D eigenvalue weighted by atomic mass is 9.96. The quantitative estimate of drug-likeness (QED) is 0.854. The summed E-state index contributed by atoms with van der Waals surface area (Å²) in [5.41, 5.74) is 9.21. The lowest BCUT2D eigenvalue weighted by molar-refractivity contribution is 0.666. The van der Waals surface area contributed by atoms with Gasteiger partial charge in [-0.2, -0.15) is 0 Å². The van der Waals surface area contributed by atoms with Gasteiger partial charge in [-0.05, 0) is 59.8 Å². The van der Waals surface area contributed by atoms with Gasteiger partial charge in [0.15, 0.2) is 5.82 Å². The Morgan fingerprint density at radius 1 is 1.16 bits per heavy atom. The fraction of sp³-hybridized carbons (Fsp3) is 0.286. The number of halogens is 2. The van der Waals surface area contributed by atoms with Crippen molar-refractivity contribution in [2.45, 2.75) is 25.7 Å². The third-order valence-corrected chi connectivity index (χ3v) is 4.28. The van der Waals surface area contributed by atoms with E-state index < -0.39 is 0 Å². The molecule has 0 unspecified atom stereocenters. The predicted molar refractivity (Wildman–Crippen MR) is 81.2 cm³/mol. The molecule has 5 heteroatoms. The van der Waals surface area contributed by atoms with Crippen LogP contribution >= 0.6 is 27.5 Å². The first-order chi connectivity index (χ1) is 9.15. The summed E-state index contributed by atoms with van der Waals surface area (Å²) in [6, 6.07) is 5.59. The van der Waals surface area contributed by atoms with E-state index in [1.807, 2.05) is 18.2 Å². The summed E-state index contributed by atoms with van der Waals surface area (Å²) in [7, 11) is 0. The molecule has 98 valence electrons. The molecule has 2 N–H and O–H groups in total. The molecule has 1 aliphatic carbocycles. The number of nitrogen functional groups attached to an aromatic ring is 1. The first kappa shape index (κ1) is 12.9. The number of nitrogens with zero attached hydrogens (tertiary/aromatic N) is 2. The molecule has 0 spiro atoms. The maximum Gasteiger partial charge on any atom is 0.162 e. The van der Waals surface area contributed by atoms with Crippen LogP contribution in [-0.2, 0) is 12.8 Å². The van der Waals surface area contributed by atoms with Crippen LogP contribution in [-0.4, -0.2) is 9.97 Å². The highest BCUT2D eigenvalue weighted by molar-refractivity contribution is 9.10. The smallest absolute Gasteiger partial charge is 0.162 e. The molecule has 1 aliphatic rings. The Morgan fingerprint density at radius 2 is 1.95 bits per heavy atom. The van der Waals surface area contributed by atoms with Gasteiger partial charge in [0.25, 0.3) is 0 Å². The van der Waals surface area contributed by atoms with Gasteiger partial charge in [-0.3, -0.25) is 0 Å². The summed E-state index contributed by atoms with van der Waals surface area (Å²) < 4.78 is 0.884. The molecule has 0 saturated carbocycles. The molecule has 1 aromatic carbocycles. The van der Waals surface area contributed by atoms with Gasteiger partial charge < -0.3 is 5.73 Å². The topological polar surface area (TPSA) is 51.8 Å². The van der Waals surface area contributed by atoms with Gasteiger partial charge in [0.1, 0.15) is 5.82 Å². The zero-order chi connectivity index (χ0) is 13.4. The van der Waals surface area contributed by atoms with Crippen LogP contribution in [0.3, 0.4) is 0 Å². The molecule has 3 rings (SSSR count). The molecule has 3 nitrogen and oxygen atoms in total. The van der Waals surface area contributed by atoms with Gasteiger partial charge in [0.2, 0.25) is 0 Å². The number of nitrogens with two attached hydrogens (primary N) is 1. The average Bonchev–Trinajstić information content (AvgIpc) is 2.38. The van der Waals surface area contributed by atoms with E-state index in [4.69, 9.17) is 17.3 Å². The number of aryl methyl sites for hydroxylation is 1. The summed E-state index contributed by atoms with van der Waals surface area (Å²) in [4.78, 5) is 9.11. The fourth-order valence-corrected chi connectivity index (χ4v) is 3.27. The minimum absolute atomic E-state index is 0.613. The molecule has 0 fully saturated rings. The van der Waals surface area contributed by atoms with Crippen molar-refractivity contribution in [3.8, 4) is 11.4 Å². The maximum absolute atomic E-state index is 6.07. The van der Waals surface area contributed by atoms with Crippen LogP contribution in [0.4, 0.5) is 5.82 Å². The van der Waals surface area contributed by atoms with E-state index in [9.17, 15) is 0 Å². The molecule has 0 aliphatic heterocycles. The lowest BCUT2D eigenvalue weighted by Gasteiger charge is -2.17. The maximum atomic E-state index is 6.07. The van der Waals surface area contributed by atoms with Crippen molar-refractivity contribution in [3.05, 3.63) is 39.0 Å². The SMILES string of the molecule is Nc1nc(-c2ccc(Cl)cc2Br)nc2c1CCCC2. The number of benzene rings is 1. The van der Waals surface area contributed by atoms with Gasteiger partial charge in [0.05, 0.1) is 0 Å². The first-order valence-electron chi connectivity index (χ1n) is 6.26. The number of rotatable bonds is 1. The van der Waals surface area contributed by atoms with Crippen molar-refractivity contribution in [3.63, 3.8) is 0 Å². The molecule has 1 heterocycles. The van der Waals surface area contributed by atoms with E-state index in [1.54, 1.807) is 0 Å². The lowest BCUT2D eigenvalue weighted by Crippen LogP contribution is -2.11. The van der Waals surface area contributed by atoms with Crippen LogP contribution in [0.15, 0.2) is 22.7 Å². The summed E-state index contributed by atoms with van der Waals surface area (Å²) in [6.07, 6.45) is 4.32. The van der Waals surface area contributed by atoms with Gasteiger partial charge in [-0.25, -0.2) is 9.97 Å². The molecule has 19 heavy (non-hydrogen) atoms. The second-order valence-electron chi connectivity index (χ2n) is 4.69. The zero-order valence-corrected chi connectivity index (χ0v) is 12.6. The van der Waals surface area contributed by atoms with Crippen LogP contribution in [0.5, 0.6) is 0 Å². The highest BCUT2D eigenvalue weighted by Crippen LogP contribution is 2.31. The molecular weight excluding hydrogens is 326 g/mol. The van der Waals surface area contributed by atoms with E-state index >= 15 is 0 Å². The second kappa shape index (κ2) is 5.10. The fourth-order valence-electron chi connectivity index (χ4n) is 2.41. The Labute approximate surface area is 125 Å². The standard InChI is InChI=1S/C14H13BrClN3/c15-11-7-8(16)5-6-9(11)14-18-12-4-2-1-3-10(12)13(17)19-14/h5-7H,1-4H2,(H2,17,18,19). The van der Waals surface area contributed by atoms with Gasteiger partial charge >= 0.3 is 0 Å². The van der Waals surface area contributed by atoms with E-state index in [0.29, 0.717) is 16.7 Å². The number of aromatic nitrogens is 2. The number of fused-ring (bicyclic) bond motifs is 1. The highest BCUT2D eigenvalue weighted by atomic mass is 79.9. The normalized spacial score (nSPS) is 14.2. The Bertz CT molecular complexity index is 643. The summed E-state index contributed by atoms with van der Waals surface area (Å²) in [5.74, 6) is 1.28. The molecular formula is C14H13BrClN3. The van der Waals surface area contributed by atoms with Crippen LogP contribution < -0.4 is 5.73 Å². The van der Waals surface area contributed by atoms with E-state index in [1.165, 1.54) is 12.8 Å². The first-order valence-corrected chi connectivity index (χ1v) is 7.43. The molecule has 0 radical (unpaired) electrons. The van der Waals surface area contributed by atoms with Gasteiger partial charge in [-0.15, -0.1) is 0 Å². The van der Waals surface area contributed by atoms with E-state index in [-0.39, 0.29) is 0 Å². The third-order valence-electron chi connectivity index (χ3n) is 3.39. The Hall–Kier alpha value is -1.13. The molecule has 0 saturated heterocycles. The summed E-state index contributed by atoms with van der Waals surface area (Å²) in [6.45, 7) is 0. The highest BCUT2D eigenvalue weighted by Gasteiger charge is 2.17. The van der Waals surface area contributed by atoms with Crippen LogP contribution in [0, 0.1) is 0 Å². The molecule has 0 amide bonds. The number of hydrogen-bond acceptors (Lipinski definition) is 3. The molecule has 2 aromatic rings. The van der Waals surface area contributed by atoms with Crippen molar-refractivity contribution < 1.29 is 0 Å². The molecule has 0 atom stereocenters. The Kier molecular flexibility index (Phi) is 3.46. The molecule has 1 aromatic heterocycles. The number of hydrogen-bond donors (Lipinski definition) is 1. The van der Waals surface area contributed by atoms with E-state index in [2.05, 4.69) is 25.9 Å². The zero-order valence-electron chi connectivity index (χ0n) is 10.3. The minimum atomic E-state index is 0.613. The summed E-state index contributed by atoms with van der Waals surface area (Å²) in [5, 5.41) is 0.682. The van der Waals surface area contributed by atoms with Crippen molar-refractivity contribution >= 4 is 33.3 Å². The number of anilines is 1. The predicted octanol–water partition coefficient (Wildman–Crippen LogP) is 4.02. The van der Waals surface area contributed by atoms with Crippen LogP contribution in [0.25, 0.3) is 11.4 Å². The Balaban J connectivity index is 2.13. The average molecular weight is 339 g/mol. The van der Waals surface area contributed by atoms with Crippen molar-refractivity contribution in [2.24, 2.45) is 0 Å². The third kappa shape index (κ3) is 2.47. The minimum Gasteiger partial charge on any atom is -0.383 e. The van der Waals surface area contributed by atoms with Crippen molar-refractivity contribution in [1.29, 1.82) is 0 Å². The summed E-state index contributed by atoms with van der Waals surface area (Å²) >= 11 is 9.45. The van der Waals surface area contributed by atoms with Crippen LogP contribution in [0.2, 0.25) is 5.02 Å². The van der Waals surface area contributed by atoms with Gasteiger partial charge in [0, 0.05) is 26.3 Å². The van der Waals surface area contributed by atoms with Crippen molar-refractivity contribution in [1.82, 2.24) is 9.97 Å². The van der Waals surface area contributed by atoms with E-state index in [0.717, 1.165) is 34.1 Å². The van der Waals surface area contributed by atoms with Crippen molar-refractivity contribution in [2.75, 3.05) is 5.73 Å². The van der Waals surface area contributed by atoms with Crippen LogP contribution in [0.1, 0.15) is 24.1 Å². The largest absolute Gasteiger partial charge is 0.383 e.